The number of benzene rings is 1. The summed E-state index contributed by atoms with van der Waals surface area (Å²) in [6, 6.07) is 19.9. The van der Waals surface area contributed by atoms with Crippen LogP contribution in [0, 0.1) is 12.7 Å². The van der Waals surface area contributed by atoms with E-state index in [2.05, 4.69) is 25.9 Å². The molecule has 1 aliphatic heterocycles. The van der Waals surface area contributed by atoms with E-state index in [0.717, 1.165) is 28.5 Å². The zero-order valence-electron chi connectivity index (χ0n) is 16.8. The largest absolute Gasteiger partial charge is 0.351 e. The van der Waals surface area contributed by atoms with E-state index < -0.39 is 0 Å². The van der Waals surface area contributed by atoms with Gasteiger partial charge in [-0.05, 0) is 79.3 Å². The van der Waals surface area contributed by atoms with Gasteiger partial charge in [0.15, 0.2) is 5.11 Å². The van der Waals surface area contributed by atoms with Gasteiger partial charge < -0.3 is 14.8 Å². The number of hydrogen-bond acceptors (Lipinski definition) is 3. The molecule has 1 fully saturated rings. The lowest BCUT2D eigenvalue weighted by Gasteiger charge is -2.28. The van der Waals surface area contributed by atoms with E-state index in [9.17, 15) is 4.39 Å². The summed E-state index contributed by atoms with van der Waals surface area (Å²) in [5.74, 6) is 0.536. The highest BCUT2D eigenvalue weighted by Gasteiger charge is 2.42. The Morgan fingerprint density at radius 2 is 1.81 bits per heavy atom. The van der Waals surface area contributed by atoms with Gasteiger partial charge in [0.25, 0.3) is 0 Å². The summed E-state index contributed by atoms with van der Waals surface area (Å²) in [4.78, 5) is 11.2. The molecule has 0 spiro atoms. The monoisotopic (exact) mass is 429 g/mol. The molecule has 4 heterocycles. The van der Waals surface area contributed by atoms with Gasteiger partial charge in [-0.2, -0.15) is 0 Å². The van der Waals surface area contributed by atoms with Gasteiger partial charge in [-0.25, -0.2) is 9.37 Å². The molecule has 31 heavy (non-hydrogen) atoms. The Labute approximate surface area is 185 Å². The van der Waals surface area contributed by atoms with Crippen molar-refractivity contribution < 1.29 is 4.39 Å². The third-order valence-corrected chi connectivity index (χ3v) is 5.74. The first-order valence-corrected chi connectivity index (χ1v) is 10.4. The number of hydrogen-bond donors (Lipinski definition) is 1. The van der Waals surface area contributed by atoms with Crippen LogP contribution < -0.4 is 10.2 Å². The zero-order valence-corrected chi connectivity index (χ0v) is 17.6. The molecule has 5 nitrogen and oxygen atoms in total. The first-order valence-electron chi connectivity index (χ1n) is 9.98. The lowest BCUT2D eigenvalue weighted by molar-refractivity contribution is 0.548. The summed E-state index contributed by atoms with van der Waals surface area (Å²) < 4.78 is 15.7. The van der Waals surface area contributed by atoms with E-state index in [-0.39, 0.29) is 17.9 Å². The van der Waals surface area contributed by atoms with Crippen LogP contribution in [0.25, 0.3) is 5.82 Å². The molecule has 154 valence electrons. The standard InChI is InChI=1S/C24H20FN5S/c1-16-7-12-21(27-15-16)29-14-4-6-20(29)23-22(19-5-2-3-13-26-19)28-24(31)30(23)18-10-8-17(25)9-11-18/h2-15,22-23H,1H3,(H,28,31)/t22-,23-/m0/s1. The van der Waals surface area contributed by atoms with Crippen LogP contribution in [-0.2, 0) is 0 Å². The van der Waals surface area contributed by atoms with Gasteiger partial charge in [-0.3, -0.25) is 4.98 Å². The predicted molar refractivity (Wildman–Crippen MR) is 123 cm³/mol. The Morgan fingerprint density at radius 3 is 2.52 bits per heavy atom. The second-order valence-corrected chi connectivity index (χ2v) is 7.86. The lowest BCUT2D eigenvalue weighted by atomic mass is 10.0. The number of aryl methyl sites for hydroxylation is 1. The minimum absolute atomic E-state index is 0.183. The average molecular weight is 430 g/mol. The highest BCUT2D eigenvalue weighted by Crippen LogP contribution is 2.42. The predicted octanol–water partition coefficient (Wildman–Crippen LogP) is 4.89. The molecule has 1 aromatic carbocycles. The lowest BCUT2D eigenvalue weighted by Crippen LogP contribution is -2.30. The second-order valence-electron chi connectivity index (χ2n) is 7.47. The highest BCUT2D eigenvalue weighted by atomic mass is 32.1. The van der Waals surface area contributed by atoms with Gasteiger partial charge in [0.05, 0.1) is 11.7 Å². The highest BCUT2D eigenvalue weighted by molar-refractivity contribution is 7.80. The van der Waals surface area contributed by atoms with E-state index in [1.807, 2.05) is 60.6 Å². The van der Waals surface area contributed by atoms with Crippen molar-refractivity contribution in [3.8, 4) is 5.82 Å². The number of nitrogens with one attached hydrogen (secondary N) is 1. The molecule has 3 aromatic heterocycles. The molecule has 0 bridgehead atoms. The fourth-order valence-electron chi connectivity index (χ4n) is 3.98. The first-order chi connectivity index (χ1) is 15.1. The molecule has 0 saturated carbocycles. The van der Waals surface area contributed by atoms with E-state index in [4.69, 9.17) is 12.2 Å². The Kier molecular flexibility index (Phi) is 4.95. The quantitative estimate of drug-likeness (QED) is 0.468. The first kappa shape index (κ1) is 19.4. The summed E-state index contributed by atoms with van der Waals surface area (Å²) in [5.41, 5.74) is 3.79. The molecular weight excluding hydrogens is 409 g/mol. The van der Waals surface area contributed by atoms with Gasteiger partial charge in [0.2, 0.25) is 0 Å². The van der Waals surface area contributed by atoms with Crippen LogP contribution in [0.15, 0.2) is 85.3 Å². The third-order valence-electron chi connectivity index (χ3n) is 5.43. The van der Waals surface area contributed by atoms with Gasteiger partial charge >= 0.3 is 0 Å². The number of pyridine rings is 2. The molecule has 1 aliphatic rings. The van der Waals surface area contributed by atoms with Crippen molar-refractivity contribution >= 4 is 23.0 Å². The summed E-state index contributed by atoms with van der Waals surface area (Å²) in [6.45, 7) is 2.01. The van der Waals surface area contributed by atoms with Crippen molar-refractivity contribution in [1.29, 1.82) is 0 Å². The van der Waals surface area contributed by atoms with Crippen LogP contribution in [0.4, 0.5) is 10.1 Å². The molecule has 2 atom stereocenters. The average Bonchev–Trinajstić information content (AvgIpc) is 3.40. The maximum atomic E-state index is 13.6. The number of rotatable bonds is 4. The number of anilines is 1. The van der Waals surface area contributed by atoms with Gasteiger partial charge in [0.1, 0.15) is 17.7 Å². The Morgan fingerprint density at radius 1 is 0.968 bits per heavy atom. The van der Waals surface area contributed by atoms with Crippen LogP contribution in [-0.4, -0.2) is 19.6 Å². The van der Waals surface area contributed by atoms with Crippen LogP contribution in [0.2, 0.25) is 0 Å². The maximum Gasteiger partial charge on any atom is 0.174 e. The van der Waals surface area contributed by atoms with E-state index in [1.54, 1.807) is 18.3 Å². The summed E-state index contributed by atoms with van der Waals surface area (Å²) in [6.07, 6.45) is 5.62. The molecule has 4 aromatic rings. The molecule has 0 amide bonds. The van der Waals surface area contributed by atoms with Crippen molar-refractivity contribution in [3.63, 3.8) is 0 Å². The van der Waals surface area contributed by atoms with E-state index >= 15 is 0 Å². The molecule has 0 aliphatic carbocycles. The fraction of sp³-hybridized carbons (Fsp3) is 0.125. The van der Waals surface area contributed by atoms with Crippen LogP contribution in [0.3, 0.4) is 0 Å². The molecule has 0 radical (unpaired) electrons. The normalized spacial score (nSPS) is 18.3. The number of thiocarbonyl (C=S) groups is 1. The van der Waals surface area contributed by atoms with Crippen molar-refractivity contribution in [2.75, 3.05) is 4.90 Å². The minimum atomic E-state index is -0.285. The molecule has 1 saturated heterocycles. The number of aromatic nitrogens is 3. The minimum Gasteiger partial charge on any atom is -0.351 e. The van der Waals surface area contributed by atoms with Gasteiger partial charge in [-0.1, -0.05) is 12.1 Å². The topological polar surface area (TPSA) is 46.0 Å². The van der Waals surface area contributed by atoms with Crippen LogP contribution >= 0.6 is 12.2 Å². The zero-order chi connectivity index (χ0) is 21.4. The summed E-state index contributed by atoms with van der Waals surface area (Å²) in [7, 11) is 0. The van der Waals surface area contributed by atoms with Crippen LogP contribution in [0.5, 0.6) is 0 Å². The number of halogens is 1. The summed E-state index contributed by atoms with van der Waals surface area (Å²) in [5, 5.41) is 3.99. The molecule has 1 N–H and O–H groups in total. The van der Waals surface area contributed by atoms with Crippen molar-refractivity contribution in [2.45, 2.75) is 19.0 Å². The fourth-order valence-corrected chi connectivity index (χ4v) is 4.33. The molecular formula is C24H20FN5S. The molecule has 7 heteroatoms. The van der Waals surface area contributed by atoms with E-state index in [0.29, 0.717) is 5.11 Å². The Bertz CT molecular complexity index is 1200. The van der Waals surface area contributed by atoms with Gasteiger partial charge in [-0.15, -0.1) is 0 Å². The van der Waals surface area contributed by atoms with E-state index in [1.165, 1.54) is 12.1 Å². The smallest absolute Gasteiger partial charge is 0.174 e. The van der Waals surface area contributed by atoms with Crippen molar-refractivity contribution in [1.82, 2.24) is 19.9 Å². The Hall–Kier alpha value is -3.58. The summed E-state index contributed by atoms with van der Waals surface area (Å²) >= 11 is 5.73. The third kappa shape index (κ3) is 3.57. The SMILES string of the molecule is Cc1ccc(-n2cccc2[C@H]2[C@H](c3ccccn3)NC(=S)N2c2ccc(F)cc2)nc1. The molecule has 5 rings (SSSR count). The van der Waals surface area contributed by atoms with Gasteiger partial charge in [0, 0.05) is 30.0 Å². The second kappa shape index (κ2) is 7.92. The number of nitrogens with zero attached hydrogens (tertiary/aromatic N) is 4. The van der Waals surface area contributed by atoms with Crippen molar-refractivity contribution in [2.24, 2.45) is 0 Å². The molecule has 0 unspecified atom stereocenters. The Balaban J connectivity index is 1.66. The maximum absolute atomic E-state index is 13.6. The van der Waals surface area contributed by atoms with Crippen LogP contribution in [0.1, 0.15) is 29.0 Å². The van der Waals surface area contributed by atoms with Crippen molar-refractivity contribution in [3.05, 3.63) is 108 Å².